The number of carbonyl (C=O) groups excluding carboxylic acids is 1. The lowest BCUT2D eigenvalue weighted by molar-refractivity contribution is -0.125. The number of amides is 1. The van der Waals surface area contributed by atoms with Crippen molar-refractivity contribution in [3.8, 4) is 17.4 Å². The van der Waals surface area contributed by atoms with Crippen LogP contribution in [0.15, 0.2) is 61.2 Å². The molecule has 3 aromatic heterocycles. The second-order valence-electron chi connectivity index (χ2n) is 10.5. The number of aliphatic hydroxyl groups is 3. The molecule has 4 atom stereocenters. The number of anilines is 2. The number of nitrogens with two attached hydrogens (primary N) is 1. The number of phenolic OH excluding ortho intramolecular Hbond substituents is 2. The van der Waals surface area contributed by atoms with Gasteiger partial charge in [-0.15, -0.1) is 5.10 Å². The molecule has 0 aliphatic heterocycles. The van der Waals surface area contributed by atoms with Gasteiger partial charge in [0.1, 0.15) is 36.6 Å². The molecule has 1 amide bonds. The summed E-state index contributed by atoms with van der Waals surface area (Å²) in [6.07, 6.45) is 0.394. The van der Waals surface area contributed by atoms with Crippen LogP contribution in [-0.4, -0.2) is 97.1 Å². The molecule has 16 nitrogen and oxygen atoms in total. The third kappa shape index (κ3) is 5.56. The Hall–Kier alpha value is -5.32. The minimum Gasteiger partial charge on any atom is -0.508 e. The molecule has 1 saturated carbocycles. The summed E-state index contributed by atoms with van der Waals surface area (Å²) in [5.41, 5.74) is 8.19. The van der Waals surface area contributed by atoms with Gasteiger partial charge in [-0.3, -0.25) is 4.79 Å². The summed E-state index contributed by atoms with van der Waals surface area (Å²) < 4.78 is 2.89. The van der Waals surface area contributed by atoms with Crippen molar-refractivity contribution < 1.29 is 30.3 Å². The normalized spacial score (nSPS) is 19.9. The summed E-state index contributed by atoms with van der Waals surface area (Å²) in [6.45, 7) is -0.437. The molecular formula is C28H30N10O6. The number of aromatic hydroxyl groups is 2. The number of benzene rings is 2. The maximum atomic E-state index is 11.8. The maximum Gasteiger partial charge on any atom is 0.256 e. The van der Waals surface area contributed by atoms with Crippen molar-refractivity contribution >= 4 is 28.8 Å². The van der Waals surface area contributed by atoms with Gasteiger partial charge in [-0.05, 0) is 41.8 Å². The Morgan fingerprint density at radius 3 is 2.20 bits per heavy atom. The number of phenols is 2. The Labute approximate surface area is 249 Å². The van der Waals surface area contributed by atoms with Crippen molar-refractivity contribution in [2.45, 2.75) is 36.6 Å². The molecule has 0 radical (unpaired) electrons. The zero-order chi connectivity index (χ0) is 31.0. The molecule has 3 heterocycles. The van der Waals surface area contributed by atoms with Crippen LogP contribution in [0.2, 0.25) is 0 Å². The molecular weight excluding hydrogens is 572 g/mol. The highest BCUT2D eigenvalue weighted by Gasteiger charge is 2.44. The molecule has 228 valence electrons. The second kappa shape index (κ2) is 11.8. The van der Waals surface area contributed by atoms with E-state index in [1.54, 1.807) is 53.1 Å². The number of hydrogen-bond acceptors (Lipinski definition) is 13. The third-order valence-electron chi connectivity index (χ3n) is 7.69. The van der Waals surface area contributed by atoms with Gasteiger partial charge in [-0.25, -0.2) is 9.97 Å². The molecule has 44 heavy (non-hydrogen) atoms. The van der Waals surface area contributed by atoms with Gasteiger partial charge in [0.25, 0.3) is 5.95 Å². The second-order valence-corrected chi connectivity index (χ2v) is 10.5. The molecule has 0 spiro atoms. The summed E-state index contributed by atoms with van der Waals surface area (Å²) >= 11 is 0. The van der Waals surface area contributed by atoms with Crippen LogP contribution in [0.4, 0.5) is 11.8 Å². The molecule has 0 bridgehead atoms. The Kier molecular flexibility index (Phi) is 7.69. The van der Waals surface area contributed by atoms with Crippen LogP contribution < -0.4 is 16.4 Å². The van der Waals surface area contributed by atoms with E-state index in [-0.39, 0.29) is 35.7 Å². The maximum absolute atomic E-state index is 11.8. The van der Waals surface area contributed by atoms with Crippen LogP contribution in [0, 0.1) is 0 Å². The molecule has 0 saturated heterocycles. The number of imidazole rings is 1. The smallest absolute Gasteiger partial charge is 0.256 e. The largest absolute Gasteiger partial charge is 0.508 e. The molecule has 9 N–H and O–H groups in total. The van der Waals surface area contributed by atoms with Gasteiger partial charge in [0, 0.05) is 12.5 Å². The SMILES string of the molecule is Nc1ncn(-c2nc(NCC(c3ccc(O)cc3)c3ccc(O)cc3)c3ncn([C@@H]4C[C@H](NC(=O)CO)[C@@H](O)[C@H]4O)c3n2)n1. The topological polar surface area (TPSA) is 243 Å². The monoisotopic (exact) mass is 602 g/mol. The average Bonchev–Trinajstić information content (AvgIpc) is 3.72. The van der Waals surface area contributed by atoms with Crippen LogP contribution in [0.25, 0.3) is 17.1 Å². The van der Waals surface area contributed by atoms with Crippen LogP contribution in [0.1, 0.15) is 29.5 Å². The quantitative estimate of drug-likeness (QED) is 0.109. The van der Waals surface area contributed by atoms with Crippen molar-refractivity contribution in [2.24, 2.45) is 0 Å². The summed E-state index contributed by atoms with van der Waals surface area (Å²) in [5, 5.41) is 60.4. The predicted octanol–water partition coefficient (Wildman–Crippen LogP) is -0.212. The fourth-order valence-corrected chi connectivity index (χ4v) is 5.47. The van der Waals surface area contributed by atoms with Gasteiger partial charge in [0.05, 0.1) is 18.4 Å². The van der Waals surface area contributed by atoms with Crippen LogP contribution in [0.5, 0.6) is 11.5 Å². The molecule has 16 heteroatoms. The van der Waals surface area contributed by atoms with E-state index in [0.717, 1.165) is 11.1 Å². The zero-order valence-corrected chi connectivity index (χ0v) is 23.1. The van der Waals surface area contributed by atoms with E-state index in [1.807, 2.05) is 0 Å². The van der Waals surface area contributed by atoms with E-state index in [9.17, 15) is 25.2 Å². The highest BCUT2D eigenvalue weighted by atomic mass is 16.3. The fourth-order valence-electron chi connectivity index (χ4n) is 5.47. The van der Waals surface area contributed by atoms with Gasteiger partial charge >= 0.3 is 0 Å². The number of nitrogens with zero attached hydrogens (tertiary/aromatic N) is 7. The molecule has 1 fully saturated rings. The van der Waals surface area contributed by atoms with E-state index in [2.05, 4.69) is 35.7 Å². The van der Waals surface area contributed by atoms with Gasteiger partial charge in [-0.1, -0.05) is 24.3 Å². The van der Waals surface area contributed by atoms with Crippen molar-refractivity contribution in [3.05, 3.63) is 72.3 Å². The van der Waals surface area contributed by atoms with Crippen LogP contribution in [-0.2, 0) is 4.79 Å². The van der Waals surface area contributed by atoms with E-state index < -0.39 is 36.8 Å². The molecule has 1 aliphatic rings. The average molecular weight is 603 g/mol. The number of fused-ring (bicyclic) bond motifs is 1. The van der Waals surface area contributed by atoms with Gasteiger partial charge < -0.3 is 46.5 Å². The first-order valence-corrected chi connectivity index (χ1v) is 13.7. The number of nitrogens with one attached hydrogen (secondary N) is 2. The highest BCUT2D eigenvalue weighted by Crippen LogP contribution is 2.35. The lowest BCUT2D eigenvalue weighted by Crippen LogP contribution is -2.44. The van der Waals surface area contributed by atoms with E-state index in [0.29, 0.717) is 23.5 Å². The van der Waals surface area contributed by atoms with Crippen LogP contribution in [0.3, 0.4) is 0 Å². The van der Waals surface area contributed by atoms with E-state index in [1.165, 1.54) is 17.3 Å². The Balaban J connectivity index is 1.39. The first kappa shape index (κ1) is 28.8. The fraction of sp³-hybridized carbons (Fsp3) is 0.286. The van der Waals surface area contributed by atoms with Crippen molar-refractivity contribution in [3.63, 3.8) is 0 Å². The Bertz CT molecular complexity index is 1730. The Morgan fingerprint density at radius 1 is 0.955 bits per heavy atom. The lowest BCUT2D eigenvalue weighted by Gasteiger charge is -2.20. The van der Waals surface area contributed by atoms with E-state index in [4.69, 9.17) is 10.8 Å². The van der Waals surface area contributed by atoms with Crippen LogP contribution >= 0.6 is 0 Å². The number of carbonyl (C=O) groups is 1. The number of aromatic nitrogens is 7. The highest BCUT2D eigenvalue weighted by molar-refractivity contribution is 5.84. The standard InChI is InChI=1S/C28H30N10O6/c29-27-32-13-38(36-27)28-34-25(30-10-18(14-1-5-16(40)6-2-14)15-3-7-17(41)8-4-15)22-26(35-28)37(12-31-22)20-9-19(23(43)24(20)44)33-21(42)11-39/h1-8,12-13,18-20,23-24,39-41,43-44H,9-11H2,(H2,29,36)(H,33,42)(H,30,34,35)/t19-,20+,23+,24-/m0/s1. The molecule has 0 unspecified atom stereocenters. The number of hydrogen-bond donors (Lipinski definition) is 8. The molecule has 1 aliphatic carbocycles. The summed E-state index contributed by atoms with van der Waals surface area (Å²) in [6, 6.07) is 12.1. The number of rotatable bonds is 9. The lowest BCUT2D eigenvalue weighted by atomic mass is 9.91. The molecule has 5 aromatic rings. The number of nitrogen functional groups attached to an aromatic ring is 1. The minimum absolute atomic E-state index is 0.00763. The summed E-state index contributed by atoms with van der Waals surface area (Å²) in [7, 11) is 0. The molecule has 6 rings (SSSR count). The summed E-state index contributed by atoms with van der Waals surface area (Å²) in [4.78, 5) is 29.5. The summed E-state index contributed by atoms with van der Waals surface area (Å²) in [5.74, 6) is -0.209. The van der Waals surface area contributed by atoms with Crippen molar-refractivity contribution in [1.29, 1.82) is 0 Å². The third-order valence-corrected chi connectivity index (χ3v) is 7.69. The van der Waals surface area contributed by atoms with Crippen molar-refractivity contribution in [2.75, 3.05) is 24.2 Å². The van der Waals surface area contributed by atoms with Gasteiger partial charge in [0.15, 0.2) is 17.0 Å². The van der Waals surface area contributed by atoms with Crippen molar-refractivity contribution in [1.82, 2.24) is 39.6 Å². The first-order valence-electron chi connectivity index (χ1n) is 13.7. The zero-order valence-electron chi connectivity index (χ0n) is 23.1. The first-order chi connectivity index (χ1) is 21.2. The predicted molar refractivity (Wildman–Crippen MR) is 156 cm³/mol. The van der Waals surface area contributed by atoms with E-state index >= 15 is 0 Å². The Morgan fingerprint density at radius 2 is 1.61 bits per heavy atom. The number of aliphatic hydroxyl groups excluding tert-OH is 3. The molecule has 2 aromatic carbocycles. The minimum atomic E-state index is -1.29. The van der Waals surface area contributed by atoms with Gasteiger partial charge in [-0.2, -0.15) is 14.6 Å². The van der Waals surface area contributed by atoms with Gasteiger partial charge in [0.2, 0.25) is 11.9 Å².